The lowest BCUT2D eigenvalue weighted by atomic mass is 10.1. The highest BCUT2D eigenvalue weighted by molar-refractivity contribution is 7.89. The molecule has 0 aliphatic rings. The lowest BCUT2D eigenvalue weighted by Crippen LogP contribution is -2.49. The lowest BCUT2D eigenvalue weighted by molar-refractivity contribution is -0.148. The van der Waals surface area contributed by atoms with Gasteiger partial charge in [0.1, 0.15) is 6.04 Å². The van der Waals surface area contributed by atoms with Crippen LogP contribution in [0.15, 0.2) is 41.3 Å². The fourth-order valence-electron chi connectivity index (χ4n) is 2.98. The average Bonchev–Trinajstić information content (AvgIpc) is 2.56. The van der Waals surface area contributed by atoms with Gasteiger partial charge in [-0.1, -0.05) is 23.8 Å². The minimum atomic E-state index is -4.81. The molecule has 2 aromatic carbocycles. The van der Waals surface area contributed by atoms with Gasteiger partial charge in [0.05, 0.1) is 16.5 Å². The van der Waals surface area contributed by atoms with Crippen LogP contribution in [-0.2, 0) is 10.0 Å². The van der Waals surface area contributed by atoms with Crippen LogP contribution in [0.1, 0.15) is 22.3 Å². The van der Waals surface area contributed by atoms with Crippen LogP contribution < -0.4 is 10.0 Å². The first kappa shape index (κ1) is 21.7. The van der Waals surface area contributed by atoms with Crippen molar-refractivity contribution in [2.75, 3.05) is 11.9 Å². The van der Waals surface area contributed by atoms with E-state index in [0.717, 1.165) is 5.56 Å². The number of nitrogens with one attached hydrogen (secondary N) is 2. The third-order valence-corrected chi connectivity index (χ3v) is 5.84. The standard InChI is InChI=1S/C19H20F3N3O2S/c1-12-7-13(2)18(14(3)8-12)28(26,27)25-17(19(20,21)22)11-24-16-6-4-5-15(9-16)10-23/h4-9,17,24-25H,11H2,1-3H3. The van der Waals surface area contributed by atoms with Gasteiger partial charge in [0.15, 0.2) is 0 Å². The van der Waals surface area contributed by atoms with E-state index in [4.69, 9.17) is 5.26 Å². The molecular weight excluding hydrogens is 391 g/mol. The van der Waals surface area contributed by atoms with Crippen molar-refractivity contribution in [1.29, 1.82) is 5.26 Å². The van der Waals surface area contributed by atoms with E-state index >= 15 is 0 Å². The van der Waals surface area contributed by atoms with Crippen molar-refractivity contribution >= 4 is 15.7 Å². The number of nitriles is 1. The van der Waals surface area contributed by atoms with Gasteiger partial charge in [-0.25, -0.2) is 8.42 Å². The van der Waals surface area contributed by atoms with Crippen LogP contribution in [0.2, 0.25) is 0 Å². The molecule has 0 spiro atoms. The van der Waals surface area contributed by atoms with Crippen LogP contribution in [0.5, 0.6) is 0 Å². The van der Waals surface area contributed by atoms with Crippen molar-refractivity contribution in [2.24, 2.45) is 0 Å². The molecule has 0 aliphatic carbocycles. The van der Waals surface area contributed by atoms with Crippen molar-refractivity contribution in [3.8, 4) is 6.07 Å². The molecule has 0 saturated heterocycles. The normalized spacial score (nSPS) is 13.0. The van der Waals surface area contributed by atoms with E-state index in [-0.39, 0.29) is 16.1 Å². The molecule has 1 atom stereocenters. The Balaban J connectivity index is 2.28. The average molecular weight is 411 g/mol. The third-order valence-electron chi connectivity index (χ3n) is 4.07. The molecular formula is C19H20F3N3O2S. The Hall–Kier alpha value is -2.57. The van der Waals surface area contributed by atoms with E-state index in [9.17, 15) is 21.6 Å². The van der Waals surface area contributed by atoms with Crippen LogP contribution >= 0.6 is 0 Å². The number of hydrogen-bond donors (Lipinski definition) is 2. The fourth-order valence-corrected chi connectivity index (χ4v) is 4.65. The maximum Gasteiger partial charge on any atom is 0.406 e. The van der Waals surface area contributed by atoms with E-state index in [2.05, 4.69) is 5.32 Å². The molecule has 150 valence electrons. The summed E-state index contributed by atoms with van der Waals surface area (Å²) in [6.45, 7) is 4.15. The van der Waals surface area contributed by atoms with Gasteiger partial charge in [0.2, 0.25) is 10.0 Å². The molecule has 0 aliphatic heterocycles. The number of benzene rings is 2. The van der Waals surface area contributed by atoms with Gasteiger partial charge in [-0.2, -0.15) is 23.2 Å². The van der Waals surface area contributed by atoms with Gasteiger partial charge >= 0.3 is 6.18 Å². The second-order valence-corrected chi connectivity index (χ2v) is 8.17. The van der Waals surface area contributed by atoms with Crippen molar-refractivity contribution in [3.63, 3.8) is 0 Å². The monoisotopic (exact) mass is 411 g/mol. The number of alkyl halides is 3. The summed E-state index contributed by atoms with van der Waals surface area (Å²) in [5, 5.41) is 11.4. The number of rotatable bonds is 6. The highest BCUT2D eigenvalue weighted by atomic mass is 32.2. The molecule has 2 aromatic rings. The van der Waals surface area contributed by atoms with Gasteiger partial charge in [-0.3, -0.25) is 0 Å². The molecule has 0 saturated carbocycles. The Bertz CT molecular complexity index is 989. The number of hydrogen-bond acceptors (Lipinski definition) is 4. The molecule has 0 aromatic heterocycles. The van der Waals surface area contributed by atoms with Gasteiger partial charge in [0, 0.05) is 12.2 Å². The first-order valence-corrected chi connectivity index (χ1v) is 9.83. The number of sulfonamides is 1. The number of anilines is 1. The largest absolute Gasteiger partial charge is 0.406 e. The summed E-state index contributed by atoms with van der Waals surface area (Å²) in [6.07, 6.45) is -4.81. The molecule has 5 nitrogen and oxygen atoms in total. The van der Waals surface area contributed by atoms with E-state index in [1.165, 1.54) is 24.3 Å². The van der Waals surface area contributed by atoms with Crippen LogP contribution in [0.25, 0.3) is 0 Å². The fraction of sp³-hybridized carbons (Fsp3) is 0.316. The van der Waals surface area contributed by atoms with Crippen molar-refractivity contribution in [2.45, 2.75) is 37.9 Å². The zero-order valence-electron chi connectivity index (χ0n) is 15.6. The number of aryl methyl sites for hydroxylation is 3. The van der Waals surface area contributed by atoms with Crippen molar-refractivity contribution in [3.05, 3.63) is 58.7 Å². The maximum atomic E-state index is 13.5. The predicted molar refractivity (Wildman–Crippen MR) is 100 cm³/mol. The first-order valence-electron chi connectivity index (χ1n) is 8.35. The van der Waals surface area contributed by atoms with Crippen LogP contribution in [-0.4, -0.2) is 27.2 Å². The lowest BCUT2D eigenvalue weighted by Gasteiger charge is -2.23. The van der Waals surface area contributed by atoms with E-state index in [1.54, 1.807) is 37.6 Å². The molecule has 28 heavy (non-hydrogen) atoms. The molecule has 2 N–H and O–H groups in total. The zero-order chi connectivity index (χ0) is 21.1. The molecule has 0 fully saturated rings. The number of halogens is 3. The summed E-state index contributed by atoms with van der Waals surface area (Å²) >= 11 is 0. The summed E-state index contributed by atoms with van der Waals surface area (Å²) in [6, 6.07) is 8.67. The Morgan fingerprint density at radius 2 is 1.71 bits per heavy atom. The third kappa shape index (κ3) is 5.24. The first-order chi connectivity index (χ1) is 12.9. The Labute approximate surface area is 162 Å². The van der Waals surface area contributed by atoms with Crippen LogP contribution in [0.4, 0.5) is 18.9 Å². The highest BCUT2D eigenvalue weighted by Gasteiger charge is 2.42. The Morgan fingerprint density at radius 3 is 2.25 bits per heavy atom. The molecule has 2 rings (SSSR count). The summed E-state index contributed by atoms with van der Waals surface area (Å²) in [5.41, 5.74) is 2.14. The summed E-state index contributed by atoms with van der Waals surface area (Å²) in [4.78, 5) is -0.154. The number of nitrogens with zero attached hydrogens (tertiary/aromatic N) is 1. The molecule has 0 heterocycles. The van der Waals surface area contributed by atoms with E-state index in [1.807, 2.05) is 6.07 Å². The Kier molecular flexibility index (Phi) is 6.37. The molecule has 0 radical (unpaired) electrons. The Morgan fingerprint density at radius 1 is 1.11 bits per heavy atom. The SMILES string of the molecule is Cc1cc(C)c(S(=O)(=O)NC(CNc2cccc(C#N)c2)C(F)(F)F)c(C)c1. The summed E-state index contributed by atoms with van der Waals surface area (Å²) in [7, 11) is -4.40. The maximum absolute atomic E-state index is 13.5. The van der Waals surface area contributed by atoms with Crippen molar-refractivity contribution in [1.82, 2.24) is 4.72 Å². The summed E-state index contributed by atoms with van der Waals surface area (Å²) in [5.74, 6) is 0. The van der Waals surface area contributed by atoms with Gasteiger partial charge in [-0.15, -0.1) is 0 Å². The van der Waals surface area contributed by atoms with Gasteiger partial charge in [-0.05, 0) is 50.1 Å². The second kappa shape index (κ2) is 8.20. The molecule has 9 heteroatoms. The molecule has 1 unspecified atom stereocenters. The van der Waals surface area contributed by atoms with Crippen molar-refractivity contribution < 1.29 is 21.6 Å². The van der Waals surface area contributed by atoms with E-state index in [0.29, 0.717) is 11.1 Å². The van der Waals surface area contributed by atoms with Gasteiger partial charge in [0.25, 0.3) is 0 Å². The van der Waals surface area contributed by atoms with Gasteiger partial charge < -0.3 is 5.32 Å². The van der Waals surface area contributed by atoms with Crippen LogP contribution in [0.3, 0.4) is 0 Å². The summed E-state index contributed by atoms with van der Waals surface area (Å²) < 4.78 is 67.5. The molecule has 0 bridgehead atoms. The quantitative estimate of drug-likeness (QED) is 0.758. The predicted octanol–water partition coefficient (Wildman–Crippen LogP) is 3.80. The minimum Gasteiger partial charge on any atom is -0.383 e. The zero-order valence-corrected chi connectivity index (χ0v) is 16.4. The van der Waals surface area contributed by atoms with E-state index < -0.39 is 28.8 Å². The highest BCUT2D eigenvalue weighted by Crippen LogP contribution is 2.26. The molecule has 0 amide bonds. The topological polar surface area (TPSA) is 82.0 Å². The second-order valence-electron chi connectivity index (χ2n) is 6.52. The van der Waals surface area contributed by atoms with Crippen LogP contribution in [0, 0.1) is 32.1 Å². The smallest absolute Gasteiger partial charge is 0.383 e. The minimum absolute atomic E-state index is 0.154.